The molecule has 0 radical (unpaired) electrons. The maximum Gasteiger partial charge on any atom is 0.111 e. The highest BCUT2D eigenvalue weighted by atomic mass is 15.1. The summed E-state index contributed by atoms with van der Waals surface area (Å²) in [4.78, 5) is 4.39. The van der Waals surface area contributed by atoms with Gasteiger partial charge in [-0.3, -0.25) is 0 Å². The molecule has 0 aromatic carbocycles. The van der Waals surface area contributed by atoms with Gasteiger partial charge in [0.05, 0.1) is 0 Å². The van der Waals surface area contributed by atoms with Crippen LogP contribution in [0.25, 0.3) is 0 Å². The first-order valence-electron chi connectivity index (χ1n) is 5.52. The smallest absolute Gasteiger partial charge is 0.111 e. The highest BCUT2D eigenvalue weighted by molar-refractivity contribution is 4.98. The summed E-state index contributed by atoms with van der Waals surface area (Å²) in [7, 11) is 0. The number of hydrogen-bond donors (Lipinski definition) is 1. The first kappa shape index (κ1) is 9.71. The van der Waals surface area contributed by atoms with Gasteiger partial charge in [-0.25, -0.2) is 4.98 Å². The Morgan fingerprint density at radius 1 is 1.64 bits per heavy atom. The molecule has 1 aliphatic heterocycles. The van der Waals surface area contributed by atoms with Crippen LogP contribution in [0.2, 0.25) is 0 Å². The van der Waals surface area contributed by atoms with Gasteiger partial charge < -0.3 is 9.88 Å². The second-order valence-electron chi connectivity index (χ2n) is 4.39. The molecule has 1 atom stereocenters. The molecule has 2 rings (SSSR count). The Morgan fingerprint density at radius 2 is 2.50 bits per heavy atom. The van der Waals surface area contributed by atoms with Gasteiger partial charge in [0.2, 0.25) is 0 Å². The van der Waals surface area contributed by atoms with Crippen LogP contribution in [0.1, 0.15) is 38.4 Å². The lowest BCUT2D eigenvalue weighted by atomic mass is 10.2. The highest BCUT2D eigenvalue weighted by Crippen LogP contribution is 2.14. The molecule has 0 unspecified atom stereocenters. The van der Waals surface area contributed by atoms with Crippen molar-refractivity contribution in [3.8, 4) is 0 Å². The number of hydrogen-bond acceptors (Lipinski definition) is 2. The summed E-state index contributed by atoms with van der Waals surface area (Å²) in [6.45, 7) is 6.64. The van der Waals surface area contributed by atoms with Gasteiger partial charge in [0.25, 0.3) is 0 Å². The first-order valence-corrected chi connectivity index (χ1v) is 5.52. The molecule has 0 spiro atoms. The van der Waals surface area contributed by atoms with Crippen molar-refractivity contribution in [2.75, 3.05) is 6.54 Å². The third-order valence-electron chi connectivity index (χ3n) is 2.84. The molecule has 78 valence electrons. The van der Waals surface area contributed by atoms with E-state index in [1.165, 1.54) is 25.2 Å². The van der Waals surface area contributed by atoms with Crippen LogP contribution >= 0.6 is 0 Å². The molecule has 14 heavy (non-hydrogen) atoms. The Morgan fingerprint density at radius 3 is 3.14 bits per heavy atom. The van der Waals surface area contributed by atoms with Crippen LogP contribution in [-0.4, -0.2) is 22.1 Å². The van der Waals surface area contributed by atoms with E-state index in [9.17, 15) is 0 Å². The van der Waals surface area contributed by atoms with Crippen molar-refractivity contribution in [2.45, 2.75) is 45.2 Å². The third kappa shape index (κ3) is 1.98. The fourth-order valence-electron chi connectivity index (χ4n) is 2.13. The number of imidazole rings is 1. The van der Waals surface area contributed by atoms with E-state index in [2.05, 4.69) is 34.9 Å². The molecular formula is C11H19N3. The average Bonchev–Trinajstić information content (AvgIpc) is 2.75. The Balaban J connectivity index is 2.04. The maximum absolute atomic E-state index is 4.39. The van der Waals surface area contributed by atoms with Crippen molar-refractivity contribution < 1.29 is 0 Å². The zero-order valence-electron chi connectivity index (χ0n) is 9.03. The predicted octanol–water partition coefficient (Wildman–Crippen LogP) is 1.76. The molecule has 0 amide bonds. The molecule has 0 saturated carbocycles. The number of nitrogens with zero attached hydrogens (tertiary/aromatic N) is 2. The van der Waals surface area contributed by atoms with E-state index in [-0.39, 0.29) is 0 Å². The largest absolute Gasteiger partial charge is 0.333 e. The minimum Gasteiger partial charge on any atom is -0.333 e. The molecule has 1 aliphatic rings. The SMILES string of the molecule is CC(C)c1nccn1C[C@H]1CCCN1. The van der Waals surface area contributed by atoms with Crippen LogP contribution in [0.4, 0.5) is 0 Å². The third-order valence-corrected chi connectivity index (χ3v) is 2.84. The summed E-state index contributed by atoms with van der Waals surface area (Å²) in [6.07, 6.45) is 6.62. The van der Waals surface area contributed by atoms with E-state index in [0.717, 1.165) is 6.54 Å². The maximum atomic E-state index is 4.39. The summed E-state index contributed by atoms with van der Waals surface area (Å²) < 4.78 is 2.29. The molecule has 1 N–H and O–H groups in total. The van der Waals surface area contributed by atoms with Gasteiger partial charge in [0.15, 0.2) is 0 Å². The minimum absolute atomic E-state index is 0.520. The second kappa shape index (κ2) is 4.13. The van der Waals surface area contributed by atoms with E-state index in [4.69, 9.17) is 0 Å². The minimum atomic E-state index is 0.520. The van der Waals surface area contributed by atoms with Crippen molar-refractivity contribution in [3.05, 3.63) is 18.2 Å². The van der Waals surface area contributed by atoms with Crippen molar-refractivity contribution in [1.29, 1.82) is 0 Å². The van der Waals surface area contributed by atoms with Crippen LogP contribution in [-0.2, 0) is 6.54 Å². The fraction of sp³-hybridized carbons (Fsp3) is 0.727. The first-order chi connectivity index (χ1) is 6.77. The Kier molecular flexibility index (Phi) is 2.87. The lowest BCUT2D eigenvalue weighted by Crippen LogP contribution is -2.27. The molecule has 0 aliphatic carbocycles. The van der Waals surface area contributed by atoms with Gasteiger partial charge in [-0.1, -0.05) is 13.8 Å². The zero-order chi connectivity index (χ0) is 9.97. The standard InChI is InChI=1S/C11H19N3/c1-9(2)11-13-6-7-14(11)8-10-4-3-5-12-10/h6-7,9-10,12H,3-5,8H2,1-2H3/t10-/m1/s1. The molecular weight excluding hydrogens is 174 g/mol. The normalized spacial score (nSPS) is 22.1. The summed E-state index contributed by atoms with van der Waals surface area (Å²) in [5.41, 5.74) is 0. The van der Waals surface area contributed by atoms with Crippen molar-refractivity contribution >= 4 is 0 Å². The summed E-state index contributed by atoms with van der Waals surface area (Å²) in [5.74, 6) is 1.73. The van der Waals surface area contributed by atoms with E-state index >= 15 is 0 Å². The van der Waals surface area contributed by atoms with Crippen LogP contribution in [0.3, 0.4) is 0 Å². The molecule has 3 heteroatoms. The Bertz CT molecular complexity index is 284. The van der Waals surface area contributed by atoms with Gasteiger partial charge in [-0.05, 0) is 19.4 Å². The van der Waals surface area contributed by atoms with Crippen LogP contribution < -0.4 is 5.32 Å². The Labute approximate surface area is 85.5 Å². The van der Waals surface area contributed by atoms with Gasteiger partial charge >= 0.3 is 0 Å². The topological polar surface area (TPSA) is 29.9 Å². The number of rotatable bonds is 3. The molecule has 2 heterocycles. The van der Waals surface area contributed by atoms with Crippen LogP contribution in [0.5, 0.6) is 0 Å². The molecule has 3 nitrogen and oxygen atoms in total. The predicted molar refractivity (Wildman–Crippen MR) is 57.3 cm³/mol. The van der Waals surface area contributed by atoms with Crippen LogP contribution in [0.15, 0.2) is 12.4 Å². The quantitative estimate of drug-likeness (QED) is 0.792. The van der Waals surface area contributed by atoms with E-state index in [1.807, 2.05) is 6.20 Å². The summed E-state index contributed by atoms with van der Waals surface area (Å²) >= 11 is 0. The van der Waals surface area contributed by atoms with E-state index in [1.54, 1.807) is 0 Å². The van der Waals surface area contributed by atoms with E-state index in [0.29, 0.717) is 12.0 Å². The highest BCUT2D eigenvalue weighted by Gasteiger charge is 2.16. The van der Waals surface area contributed by atoms with Crippen molar-refractivity contribution in [3.63, 3.8) is 0 Å². The molecule has 1 aromatic rings. The molecule has 0 bridgehead atoms. The average molecular weight is 193 g/mol. The van der Waals surface area contributed by atoms with Gasteiger partial charge in [0.1, 0.15) is 5.82 Å². The number of nitrogens with one attached hydrogen (secondary N) is 1. The summed E-state index contributed by atoms with van der Waals surface area (Å²) in [6, 6.07) is 0.654. The molecule has 1 saturated heterocycles. The van der Waals surface area contributed by atoms with Crippen LogP contribution in [0, 0.1) is 0 Å². The molecule has 1 aromatic heterocycles. The van der Waals surface area contributed by atoms with Crippen molar-refractivity contribution in [1.82, 2.24) is 14.9 Å². The lowest BCUT2D eigenvalue weighted by Gasteiger charge is -2.14. The van der Waals surface area contributed by atoms with Gasteiger partial charge in [-0.2, -0.15) is 0 Å². The monoisotopic (exact) mass is 193 g/mol. The number of aromatic nitrogens is 2. The van der Waals surface area contributed by atoms with Gasteiger partial charge in [0, 0.05) is 30.9 Å². The summed E-state index contributed by atoms with van der Waals surface area (Å²) in [5, 5.41) is 3.51. The fourth-order valence-corrected chi connectivity index (χ4v) is 2.13. The molecule has 1 fully saturated rings. The zero-order valence-corrected chi connectivity index (χ0v) is 9.03. The van der Waals surface area contributed by atoms with Gasteiger partial charge in [-0.15, -0.1) is 0 Å². The Hall–Kier alpha value is -0.830. The van der Waals surface area contributed by atoms with Crippen molar-refractivity contribution in [2.24, 2.45) is 0 Å². The second-order valence-corrected chi connectivity index (χ2v) is 4.39. The lowest BCUT2D eigenvalue weighted by molar-refractivity contribution is 0.489. The van der Waals surface area contributed by atoms with E-state index < -0.39 is 0 Å².